The molecule has 1 fully saturated rings. The molecule has 172 valence electrons. The highest BCUT2D eigenvalue weighted by molar-refractivity contribution is 14.1. The molecule has 0 aromatic heterocycles. The van der Waals surface area contributed by atoms with Crippen LogP contribution in [-0.2, 0) is 16.1 Å². The quantitative estimate of drug-likeness (QED) is 0.374. The zero-order valence-corrected chi connectivity index (χ0v) is 21.6. The van der Waals surface area contributed by atoms with Crippen LogP contribution in [0.15, 0.2) is 42.5 Å². The molecule has 0 saturated heterocycles. The van der Waals surface area contributed by atoms with E-state index in [4.69, 9.17) is 27.9 Å². The summed E-state index contributed by atoms with van der Waals surface area (Å²) in [5.74, 6) is 0.196. The maximum absolute atomic E-state index is 13.3. The first-order valence-corrected chi connectivity index (χ1v) is 12.6. The molecule has 1 aliphatic rings. The molecule has 2 amide bonds. The van der Waals surface area contributed by atoms with E-state index in [0.717, 1.165) is 34.8 Å². The Hall–Kier alpha value is -1.51. The summed E-state index contributed by atoms with van der Waals surface area (Å²) >= 11 is 14.6. The monoisotopic (exact) mass is 588 g/mol. The van der Waals surface area contributed by atoms with Crippen LogP contribution in [0.3, 0.4) is 0 Å². The predicted octanol–water partition coefficient (Wildman–Crippen LogP) is 5.84. The number of carbonyl (C=O) groups excluding carboxylic acids is 2. The minimum absolute atomic E-state index is 0.132. The first-order valence-electron chi connectivity index (χ1n) is 10.8. The zero-order valence-electron chi connectivity index (χ0n) is 18.0. The van der Waals surface area contributed by atoms with Crippen molar-refractivity contribution >= 4 is 57.6 Å². The summed E-state index contributed by atoms with van der Waals surface area (Å²) in [4.78, 5) is 27.9. The van der Waals surface area contributed by atoms with E-state index >= 15 is 0 Å². The number of nitrogens with zero attached hydrogens (tertiary/aromatic N) is 1. The van der Waals surface area contributed by atoms with Crippen LogP contribution in [0.25, 0.3) is 0 Å². The van der Waals surface area contributed by atoms with E-state index in [1.54, 1.807) is 23.1 Å². The van der Waals surface area contributed by atoms with Crippen molar-refractivity contribution in [2.75, 3.05) is 6.61 Å². The van der Waals surface area contributed by atoms with Crippen LogP contribution in [0.5, 0.6) is 5.75 Å². The van der Waals surface area contributed by atoms with Crippen molar-refractivity contribution in [1.29, 1.82) is 0 Å². The number of rotatable bonds is 9. The molecule has 3 rings (SSSR count). The molecule has 8 heteroatoms. The highest BCUT2D eigenvalue weighted by atomic mass is 127. The molecular formula is C24H27Cl2IN2O3. The summed E-state index contributed by atoms with van der Waals surface area (Å²) in [7, 11) is 0. The molecule has 0 heterocycles. The lowest BCUT2D eigenvalue weighted by molar-refractivity contribution is -0.143. The van der Waals surface area contributed by atoms with Crippen LogP contribution in [-0.4, -0.2) is 35.4 Å². The second-order valence-electron chi connectivity index (χ2n) is 7.91. The molecule has 1 N–H and O–H groups in total. The van der Waals surface area contributed by atoms with E-state index in [9.17, 15) is 9.59 Å². The fourth-order valence-corrected chi connectivity index (χ4v) is 4.71. The molecule has 5 nitrogen and oxygen atoms in total. The first kappa shape index (κ1) is 25.1. The number of carbonyl (C=O) groups is 2. The molecule has 32 heavy (non-hydrogen) atoms. The molecule has 2 aromatic carbocycles. The number of nitrogens with one attached hydrogen (secondary N) is 1. The summed E-state index contributed by atoms with van der Waals surface area (Å²) in [6.07, 6.45) is 4.69. The van der Waals surface area contributed by atoms with Crippen LogP contribution in [0.2, 0.25) is 10.0 Å². The van der Waals surface area contributed by atoms with Gasteiger partial charge in [-0.05, 0) is 83.8 Å². The van der Waals surface area contributed by atoms with Gasteiger partial charge in [-0.1, -0.05) is 49.0 Å². The van der Waals surface area contributed by atoms with Gasteiger partial charge in [0.05, 0.1) is 0 Å². The molecule has 0 aliphatic heterocycles. The van der Waals surface area contributed by atoms with E-state index in [-0.39, 0.29) is 31.0 Å². The van der Waals surface area contributed by atoms with Gasteiger partial charge >= 0.3 is 0 Å². The number of benzene rings is 2. The number of ether oxygens (including phenoxy) is 1. The van der Waals surface area contributed by atoms with Crippen LogP contribution < -0.4 is 10.1 Å². The molecule has 0 unspecified atom stereocenters. The van der Waals surface area contributed by atoms with Gasteiger partial charge in [0, 0.05) is 26.2 Å². The molecule has 0 bridgehead atoms. The molecule has 1 aliphatic carbocycles. The van der Waals surface area contributed by atoms with Crippen molar-refractivity contribution in [3.05, 3.63) is 61.6 Å². The third kappa shape index (κ3) is 6.99. The van der Waals surface area contributed by atoms with Crippen LogP contribution in [0.1, 0.15) is 44.6 Å². The average molecular weight is 589 g/mol. The number of amides is 2. The van der Waals surface area contributed by atoms with E-state index < -0.39 is 6.04 Å². The third-order valence-electron chi connectivity index (χ3n) is 5.62. The third-order valence-corrected chi connectivity index (χ3v) is 6.93. The average Bonchev–Trinajstić information content (AvgIpc) is 3.27. The van der Waals surface area contributed by atoms with Crippen molar-refractivity contribution in [2.24, 2.45) is 0 Å². The van der Waals surface area contributed by atoms with Crippen molar-refractivity contribution in [3.63, 3.8) is 0 Å². The summed E-state index contributed by atoms with van der Waals surface area (Å²) in [5.41, 5.74) is 0.728. The Morgan fingerprint density at radius 1 is 1.16 bits per heavy atom. The number of halogens is 3. The van der Waals surface area contributed by atoms with Gasteiger partial charge < -0.3 is 15.0 Å². The van der Waals surface area contributed by atoms with Gasteiger partial charge in [0.25, 0.3) is 5.91 Å². The van der Waals surface area contributed by atoms with E-state index in [1.165, 1.54) is 0 Å². The maximum atomic E-state index is 13.3. The molecule has 1 saturated carbocycles. The smallest absolute Gasteiger partial charge is 0.261 e. The SMILES string of the molecule is CC[C@@H](C(=O)NC1CCCC1)N(Cc1ccc(Cl)cc1Cl)C(=O)COc1ccc(I)cc1. The topological polar surface area (TPSA) is 58.6 Å². The first-order chi connectivity index (χ1) is 15.4. The van der Waals surface area contributed by atoms with Crippen molar-refractivity contribution < 1.29 is 14.3 Å². The van der Waals surface area contributed by atoms with Gasteiger partial charge in [-0.25, -0.2) is 0 Å². The number of hydrogen-bond acceptors (Lipinski definition) is 3. The molecule has 2 aromatic rings. The highest BCUT2D eigenvalue weighted by Gasteiger charge is 2.31. The summed E-state index contributed by atoms with van der Waals surface area (Å²) < 4.78 is 6.80. The van der Waals surface area contributed by atoms with Gasteiger partial charge in [0.15, 0.2) is 6.61 Å². The van der Waals surface area contributed by atoms with E-state index in [1.807, 2.05) is 31.2 Å². The molecule has 1 atom stereocenters. The Bertz CT molecular complexity index is 933. The van der Waals surface area contributed by atoms with Crippen LogP contribution in [0, 0.1) is 3.57 Å². The fraction of sp³-hybridized carbons (Fsp3) is 0.417. The minimum atomic E-state index is -0.616. The summed E-state index contributed by atoms with van der Waals surface area (Å²) in [5, 5.41) is 4.10. The van der Waals surface area contributed by atoms with Gasteiger partial charge in [-0.15, -0.1) is 0 Å². The van der Waals surface area contributed by atoms with Crippen molar-refractivity contribution in [2.45, 2.75) is 57.7 Å². The Morgan fingerprint density at radius 3 is 2.47 bits per heavy atom. The van der Waals surface area contributed by atoms with E-state index in [0.29, 0.717) is 22.2 Å². The standard InChI is InChI=1S/C24H27Cl2IN2O3/c1-2-22(24(31)28-19-5-3-4-6-19)29(14-16-7-8-17(25)13-21(16)26)23(30)15-32-20-11-9-18(27)10-12-20/h7-13,19,22H,2-6,14-15H2,1H3,(H,28,31)/t22-/m0/s1. The fourth-order valence-electron chi connectivity index (χ4n) is 3.88. The van der Waals surface area contributed by atoms with Crippen LogP contribution in [0.4, 0.5) is 0 Å². The highest BCUT2D eigenvalue weighted by Crippen LogP contribution is 2.25. The van der Waals surface area contributed by atoms with Gasteiger partial charge in [0.1, 0.15) is 11.8 Å². The maximum Gasteiger partial charge on any atom is 0.261 e. The Kier molecular flexibility index (Phi) is 9.49. The summed E-state index contributed by atoms with van der Waals surface area (Å²) in [6, 6.07) is 12.2. The van der Waals surface area contributed by atoms with Gasteiger partial charge in [0.2, 0.25) is 5.91 Å². The largest absolute Gasteiger partial charge is 0.484 e. The van der Waals surface area contributed by atoms with Crippen molar-refractivity contribution in [1.82, 2.24) is 10.2 Å². The number of hydrogen-bond donors (Lipinski definition) is 1. The lowest BCUT2D eigenvalue weighted by atomic mass is 10.1. The lowest BCUT2D eigenvalue weighted by Crippen LogP contribution is -2.52. The second kappa shape index (κ2) is 12.1. The Balaban J connectivity index is 1.78. The summed E-state index contributed by atoms with van der Waals surface area (Å²) in [6.45, 7) is 1.93. The van der Waals surface area contributed by atoms with E-state index in [2.05, 4.69) is 27.9 Å². The Morgan fingerprint density at radius 2 is 1.84 bits per heavy atom. The second-order valence-corrected chi connectivity index (χ2v) is 10.0. The normalized spacial score (nSPS) is 14.8. The van der Waals surface area contributed by atoms with Crippen molar-refractivity contribution in [3.8, 4) is 5.75 Å². The minimum Gasteiger partial charge on any atom is -0.484 e. The predicted molar refractivity (Wildman–Crippen MR) is 136 cm³/mol. The molecular weight excluding hydrogens is 562 g/mol. The molecule has 0 spiro atoms. The van der Waals surface area contributed by atoms with Gasteiger partial charge in [-0.3, -0.25) is 9.59 Å². The van der Waals surface area contributed by atoms with Gasteiger partial charge in [-0.2, -0.15) is 0 Å². The Labute approximate surface area is 212 Å². The zero-order chi connectivity index (χ0) is 23.1. The van der Waals surface area contributed by atoms with Crippen LogP contribution >= 0.6 is 45.8 Å². The lowest BCUT2D eigenvalue weighted by Gasteiger charge is -2.31. The molecule has 0 radical (unpaired) electrons.